The van der Waals surface area contributed by atoms with E-state index in [1.165, 1.54) is 0 Å². The highest BCUT2D eigenvalue weighted by Gasteiger charge is 2.49. The Balaban J connectivity index is 1.85. The third-order valence-corrected chi connectivity index (χ3v) is 6.87. The molecular formula is C18H25NO5S. The molecule has 1 aliphatic heterocycles. The van der Waals surface area contributed by atoms with Crippen molar-refractivity contribution < 1.29 is 23.4 Å². The molecule has 0 radical (unpaired) electrons. The Bertz CT molecular complexity index is 765. The fourth-order valence-corrected chi connectivity index (χ4v) is 4.32. The molecule has 1 aromatic rings. The lowest BCUT2D eigenvalue weighted by atomic mass is 9.63. The summed E-state index contributed by atoms with van der Waals surface area (Å²) in [6.45, 7) is 2.11. The zero-order valence-electron chi connectivity index (χ0n) is 14.6. The molecule has 1 aromatic carbocycles. The van der Waals surface area contributed by atoms with Gasteiger partial charge in [0.1, 0.15) is 0 Å². The molecule has 1 heterocycles. The number of hydrogen-bond acceptors (Lipinski definition) is 5. The lowest BCUT2D eigenvalue weighted by molar-refractivity contribution is -0.154. The Labute approximate surface area is 148 Å². The SMILES string of the molecule is C[C@]1(O)CCN(C(=O)C2(c3ccc(S(C)(=O)=O)cc3)CCC2)C[C@@H]1O. The number of carbonyl (C=O) groups is 1. The van der Waals surface area contributed by atoms with Crippen LogP contribution in [0.1, 0.15) is 38.2 Å². The summed E-state index contributed by atoms with van der Waals surface area (Å²) in [4.78, 5) is 15.0. The smallest absolute Gasteiger partial charge is 0.233 e. The molecule has 2 aliphatic rings. The summed E-state index contributed by atoms with van der Waals surface area (Å²) in [5, 5.41) is 20.2. The molecule has 6 nitrogen and oxygen atoms in total. The van der Waals surface area contributed by atoms with Crippen LogP contribution >= 0.6 is 0 Å². The summed E-state index contributed by atoms with van der Waals surface area (Å²) in [6.07, 6.45) is 2.90. The minimum atomic E-state index is -3.27. The van der Waals surface area contributed by atoms with Crippen molar-refractivity contribution >= 4 is 15.7 Å². The van der Waals surface area contributed by atoms with Crippen LogP contribution in [0.4, 0.5) is 0 Å². The number of amides is 1. The number of piperidine rings is 1. The molecule has 1 aliphatic carbocycles. The van der Waals surface area contributed by atoms with Crippen molar-refractivity contribution in [2.24, 2.45) is 0 Å². The Morgan fingerprint density at radius 3 is 2.24 bits per heavy atom. The number of β-amino-alcohol motifs (C(OH)–C–C–N with tert-alkyl or cyclic N) is 1. The Morgan fingerprint density at radius 2 is 1.80 bits per heavy atom. The minimum Gasteiger partial charge on any atom is -0.388 e. The second-order valence-electron chi connectivity index (χ2n) is 7.61. The maximum absolute atomic E-state index is 13.2. The maximum Gasteiger partial charge on any atom is 0.233 e. The number of hydrogen-bond donors (Lipinski definition) is 2. The predicted molar refractivity (Wildman–Crippen MR) is 92.9 cm³/mol. The molecule has 1 saturated heterocycles. The molecule has 3 rings (SSSR count). The van der Waals surface area contributed by atoms with Crippen LogP contribution < -0.4 is 0 Å². The molecule has 2 atom stereocenters. The first-order chi connectivity index (χ1) is 11.6. The molecule has 1 saturated carbocycles. The molecule has 0 spiro atoms. The van der Waals surface area contributed by atoms with E-state index in [0.29, 0.717) is 25.8 Å². The predicted octanol–water partition coefficient (Wildman–Crippen LogP) is 0.856. The van der Waals surface area contributed by atoms with E-state index in [2.05, 4.69) is 0 Å². The normalized spacial score (nSPS) is 29.1. The van der Waals surface area contributed by atoms with Crippen molar-refractivity contribution in [3.63, 3.8) is 0 Å². The summed E-state index contributed by atoms with van der Waals surface area (Å²) in [7, 11) is -3.27. The van der Waals surface area contributed by atoms with Gasteiger partial charge in [0.05, 0.1) is 22.0 Å². The van der Waals surface area contributed by atoms with Gasteiger partial charge in [-0.05, 0) is 43.9 Å². The molecule has 0 unspecified atom stereocenters. The average molecular weight is 367 g/mol. The molecular weight excluding hydrogens is 342 g/mol. The van der Waals surface area contributed by atoms with E-state index in [0.717, 1.165) is 18.2 Å². The largest absolute Gasteiger partial charge is 0.388 e. The van der Waals surface area contributed by atoms with Crippen LogP contribution in [0.3, 0.4) is 0 Å². The zero-order chi connectivity index (χ0) is 18.5. The highest BCUT2D eigenvalue weighted by Crippen LogP contribution is 2.46. The van der Waals surface area contributed by atoms with E-state index in [1.54, 1.807) is 36.1 Å². The summed E-state index contributed by atoms with van der Waals surface area (Å²) in [5.41, 5.74) is -0.984. The van der Waals surface area contributed by atoms with Crippen molar-refractivity contribution in [1.29, 1.82) is 0 Å². The lowest BCUT2D eigenvalue weighted by Crippen LogP contribution is -2.60. The molecule has 138 valence electrons. The van der Waals surface area contributed by atoms with Gasteiger partial charge in [-0.3, -0.25) is 4.79 Å². The average Bonchev–Trinajstić information content (AvgIpc) is 2.48. The van der Waals surface area contributed by atoms with E-state index < -0.39 is 27.0 Å². The van der Waals surface area contributed by atoms with E-state index in [9.17, 15) is 23.4 Å². The zero-order valence-corrected chi connectivity index (χ0v) is 15.4. The molecule has 7 heteroatoms. The second kappa shape index (κ2) is 6.07. The summed E-state index contributed by atoms with van der Waals surface area (Å²) >= 11 is 0. The third kappa shape index (κ3) is 3.20. The number of aliphatic hydroxyl groups is 2. The Morgan fingerprint density at radius 1 is 1.20 bits per heavy atom. The molecule has 0 bridgehead atoms. The van der Waals surface area contributed by atoms with Crippen LogP contribution in [-0.4, -0.2) is 60.5 Å². The number of carbonyl (C=O) groups excluding carboxylic acids is 1. The van der Waals surface area contributed by atoms with Crippen LogP contribution in [0.25, 0.3) is 0 Å². The molecule has 2 N–H and O–H groups in total. The van der Waals surface area contributed by atoms with Gasteiger partial charge in [-0.25, -0.2) is 8.42 Å². The second-order valence-corrected chi connectivity index (χ2v) is 9.62. The topological polar surface area (TPSA) is 94.9 Å². The van der Waals surface area contributed by atoms with Crippen molar-refractivity contribution in [3.8, 4) is 0 Å². The van der Waals surface area contributed by atoms with Gasteiger partial charge < -0.3 is 15.1 Å². The number of aliphatic hydroxyl groups excluding tert-OH is 1. The third-order valence-electron chi connectivity index (χ3n) is 5.74. The standard InChI is InChI=1S/C18H25NO5S/c1-17(22)10-11-19(12-15(17)20)16(21)18(8-3-9-18)13-4-6-14(7-5-13)25(2,23)24/h4-7,15,20,22H,3,8-12H2,1-2H3/t15-,17-/m0/s1. The maximum atomic E-state index is 13.2. The van der Waals surface area contributed by atoms with Crippen molar-refractivity contribution in [2.75, 3.05) is 19.3 Å². The van der Waals surface area contributed by atoms with Gasteiger partial charge in [-0.2, -0.15) is 0 Å². The van der Waals surface area contributed by atoms with E-state index >= 15 is 0 Å². The van der Waals surface area contributed by atoms with Gasteiger partial charge in [-0.15, -0.1) is 0 Å². The number of likely N-dealkylation sites (tertiary alicyclic amines) is 1. The first kappa shape index (κ1) is 18.4. The van der Waals surface area contributed by atoms with Crippen LogP contribution in [0, 0.1) is 0 Å². The molecule has 1 amide bonds. The van der Waals surface area contributed by atoms with Crippen molar-refractivity contribution in [1.82, 2.24) is 4.90 Å². The van der Waals surface area contributed by atoms with E-state index in [1.807, 2.05) is 0 Å². The quantitative estimate of drug-likeness (QED) is 0.826. The number of nitrogens with zero attached hydrogens (tertiary/aromatic N) is 1. The highest BCUT2D eigenvalue weighted by molar-refractivity contribution is 7.90. The number of rotatable bonds is 3. The monoisotopic (exact) mass is 367 g/mol. The van der Waals surface area contributed by atoms with Crippen LogP contribution in [0.5, 0.6) is 0 Å². The first-order valence-electron chi connectivity index (χ1n) is 8.57. The van der Waals surface area contributed by atoms with E-state index in [-0.39, 0.29) is 17.3 Å². The first-order valence-corrected chi connectivity index (χ1v) is 10.5. The van der Waals surface area contributed by atoms with Gasteiger partial charge in [-0.1, -0.05) is 18.6 Å². The summed E-state index contributed by atoms with van der Waals surface area (Å²) in [5.74, 6) is -0.0413. The molecule has 25 heavy (non-hydrogen) atoms. The lowest BCUT2D eigenvalue weighted by Gasteiger charge is -2.47. The van der Waals surface area contributed by atoms with Gasteiger partial charge in [0.25, 0.3) is 0 Å². The van der Waals surface area contributed by atoms with Crippen LogP contribution in [0.2, 0.25) is 0 Å². The van der Waals surface area contributed by atoms with Gasteiger partial charge in [0.2, 0.25) is 5.91 Å². The minimum absolute atomic E-state index is 0.0413. The van der Waals surface area contributed by atoms with Crippen molar-refractivity contribution in [2.45, 2.75) is 54.6 Å². The van der Waals surface area contributed by atoms with Gasteiger partial charge >= 0.3 is 0 Å². The van der Waals surface area contributed by atoms with Crippen LogP contribution in [-0.2, 0) is 20.0 Å². The molecule has 0 aromatic heterocycles. The van der Waals surface area contributed by atoms with Crippen molar-refractivity contribution in [3.05, 3.63) is 29.8 Å². The Hall–Kier alpha value is -1.44. The van der Waals surface area contributed by atoms with Crippen LogP contribution in [0.15, 0.2) is 29.2 Å². The highest BCUT2D eigenvalue weighted by atomic mass is 32.2. The number of sulfone groups is 1. The van der Waals surface area contributed by atoms with Gasteiger partial charge in [0.15, 0.2) is 9.84 Å². The summed E-state index contributed by atoms with van der Waals surface area (Å²) < 4.78 is 23.3. The Kier molecular flexibility index (Phi) is 4.46. The summed E-state index contributed by atoms with van der Waals surface area (Å²) in [6, 6.07) is 6.55. The number of benzene rings is 1. The molecule has 2 fully saturated rings. The fourth-order valence-electron chi connectivity index (χ4n) is 3.69. The fraction of sp³-hybridized carbons (Fsp3) is 0.611. The van der Waals surface area contributed by atoms with Gasteiger partial charge in [0, 0.05) is 19.3 Å². The van der Waals surface area contributed by atoms with E-state index in [4.69, 9.17) is 0 Å².